The van der Waals surface area contributed by atoms with Gasteiger partial charge >= 0.3 is 13.2 Å². The normalized spacial score (nSPS) is 19.0. The molecule has 0 radical (unpaired) electrons. The third kappa shape index (κ3) is 2.89. The molecule has 1 amide bonds. The second kappa shape index (κ2) is 5.21. The number of anilines is 1. The van der Waals surface area contributed by atoms with Crippen LogP contribution in [0.5, 0.6) is 0 Å². The molecule has 23 heavy (non-hydrogen) atoms. The summed E-state index contributed by atoms with van der Waals surface area (Å²) in [4.78, 5) is 14.8. The molecule has 0 spiro atoms. The molecule has 0 atom stereocenters. The zero-order valence-electron chi connectivity index (χ0n) is 13.6. The zero-order chi connectivity index (χ0) is 16.8. The number of amides is 1. The number of nitrogens with one attached hydrogen (secondary N) is 1. The Morgan fingerprint density at radius 1 is 1.13 bits per heavy atom. The molecule has 0 bridgehead atoms. The molecule has 2 heterocycles. The summed E-state index contributed by atoms with van der Waals surface area (Å²) >= 11 is 0. The molecule has 1 aliphatic heterocycles. The van der Waals surface area contributed by atoms with Crippen LogP contribution in [0.25, 0.3) is 10.8 Å². The van der Waals surface area contributed by atoms with Crippen molar-refractivity contribution in [1.29, 1.82) is 0 Å². The van der Waals surface area contributed by atoms with Gasteiger partial charge < -0.3 is 14.4 Å². The van der Waals surface area contributed by atoms with Crippen molar-refractivity contribution < 1.29 is 19.2 Å². The van der Waals surface area contributed by atoms with Crippen LogP contribution < -0.4 is 10.8 Å². The monoisotopic (exact) mass is 314 g/mol. The summed E-state index contributed by atoms with van der Waals surface area (Å²) in [5, 5.41) is 12.8. The topological polar surface area (TPSA) is 80.7 Å². The average Bonchev–Trinajstić information content (AvgIpc) is 2.66. The number of fused-ring (bicyclic) bond motifs is 1. The van der Waals surface area contributed by atoms with E-state index in [1.807, 2.05) is 45.9 Å². The fourth-order valence-corrected chi connectivity index (χ4v) is 2.46. The summed E-state index contributed by atoms with van der Waals surface area (Å²) in [6.07, 6.45) is 0.501. The Bertz CT molecular complexity index is 760. The number of pyridine rings is 1. The van der Waals surface area contributed by atoms with Crippen molar-refractivity contribution in [1.82, 2.24) is 4.98 Å². The van der Waals surface area contributed by atoms with Crippen LogP contribution in [0, 0.1) is 0 Å². The summed E-state index contributed by atoms with van der Waals surface area (Å²) in [5.41, 5.74) is 0.136. The Morgan fingerprint density at radius 3 is 2.39 bits per heavy atom. The maximum absolute atomic E-state index is 10.7. The summed E-state index contributed by atoms with van der Waals surface area (Å²) in [7, 11) is -0.429. The molecular weight excluding hydrogens is 295 g/mol. The van der Waals surface area contributed by atoms with Crippen LogP contribution in [0.2, 0.25) is 0 Å². The number of carboxylic acid groups (broad SMARTS) is 1. The molecular formula is C16H19BN2O4. The van der Waals surface area contributed by atoms with Crippen LogP contribution in [-0.4, -0.2) is 34.5 Å². The van der Waals surface area contributed by atoms with Crippen molar-refractivity contribution in [2.24, 2.45) is 0 Å². The second-order valence-electron chi connectivity index (χ2n) is 6.69. The lowest BCUT2D eigenvalue weighted by molar-refractivity contribution is 0.00578. The van der Waals surface area contributed by atoms with Gasteiger partial charge in [0.1, 0.15) is 5.82 Å². The van der Waals surface area contributed by atoms with Gasteiger partial charge in [0.15, 0.2) is 0 Å². The largest absolute Gasteiger partial charge is 0.494 e. The lowest BCUT2D eigenvalue weighted by Crippen LogP contribution is -2.41. The number of nitrogens with zero attached hydrogens (tertiary/aromatic N) is 1. The lowest BCUT2D eigenvalue weighted by Gasteiger charge is -2.32. The third-order valence-corrected chi connectivity index (χ3v) is 4.51. The van der Waals surface area contributed by atoms with E-state index in [0.29, 0.717) is 5.82 Å². The van der Waals surface area contributed by atoms with E-state index < -0.39 is 13.2 Å². The first-order chi connectivity index (χ1) is 10.7. The molecule has 0 aliphatic carbocycles. The first-order valence-corrected chi connectivity index (χ1v) is 7.43. The molecule has 0 saturated carbocycles. The predicted octanol–water partition coefficient (Wildman–Crippen LogP) is 2.62. The van der Waals surface area contributed by atoms with Crippen LogP contribution in [0.4, 0.5) is 10.6 Å². The minimum Gasteiger partial charge on any atom is -0.465 e. The van der Waals surface area contributed by atoms with Gasteiger partial charge in [-0.25, -0.2) is 9.78 Å². The van der Waals surface area contributed by atoms with Gasteiger partial charge in [-0.1, -0.05) is 18.2 Å². The van der Waals surface area contributed by atoms with Crippen LogP contribution in [0.1, 0.15) is 27.7 Å². The minimum atomic E-state index is -1.13. The molecule has 7 heteroatoms. The van der Waals surface area contributed by atoms with Crippen molar-refractivity contribution in [2.75, 3.05) is 5.32 Å². The first-order valence-electron chi connectivity index (χ1n) is 7.43. The average molecular weight is 314 g/mol. The smallest absolute Gasteiger partial charge is 0.465 e. The molecule has 1 aromatic carbocycles. The fraction of sp³-hybridized carbons (Fsp3) is 0.375. The second-order valence-corrected chi connectivity index (χ2v) is 6.69. The summed E-state index contributed by atoms with van der Waals surface area (Å²) < 4.78 is 12.1. The van der Waals surface area contributed by atoms with E-state index in [-0.39, 0.29) is 11.2 Å². The van der Waals surface area contributed by atoms with Gasteiger partial charge in [0.05, 0.1) is 11.2 Å². The zero-order valence-corrected chi connectivity index (χ0v) is 13.6. The lowest BCUT2D eigenvalue weighted by atomic mass is 9.78. The first kappa shape index (κ1) is 15.8. The van der Waals surface area contributed by atoms with Gasteiger partial charge in [0.2, 0.25) is 0 Å². The molecule has 2 aromatic rings. The highest BCUT2D eigenvalue weighted by Gasteiger charge is 2.51. The highest BCUT2D eigenvalue weighted by Crippen LogP contribution is 2.36. The van der Waals surface area contributed by atoms with E-state index in [1.54, 1.807) is 12.3 Å². The van der Waals surface area contributed by atoms with E-state index in [4.69, 9.17) is 14.4 Å². The molecule has 1 fully saturated rings. The van der Waals surface area contributed by atoms with Crippen LogP contribution >= 0.6 is 0 Å². The molecule has 1 aliphatic rings. The van der Waals surface area contributed by atoms with Crippen molar-refractivity contribution in [3.05, 3.63) is 30.5 Å². The molecule has 120 valence electrons. The number of hydrogen-bond donors (Lipinski definition) is 2. The van der Waals surface area contributed by atoms with Crippen molar-refractivity contribution >= 4 is 35.3 Å². The Labute approximate surface area is 135 Å². The van der Waals surface area contributed by atoms with E-state index in [9.17, 15) is 4.79 Å². The third-order valence-electron chi connectivity index (χ3n) is 4.51. The maximum Gasteiger partial charge on any atom is 0.494 e. The molecule has 0 unspecified atom stereocenters. The van der Waals surface area contributed by atoms with Crippen molar-refractivity contribution in [3.8, 4) is 0 Å². The van der Waals surface area contributed by atoms with E-state index in [0.717, 1.165) is 16.2 Å². The maximum atomic E-state index is 10.7. The number of rotatable bonds is 2. The van der Waals surface area contributed by atoms with Crippen molar-refractivity contribution in [2.45, 2.75) is 38.9 Å². The number of benzene rings is 1. The number of aromatic nitrogens is 1. The van der Waals surface area contributed by atoms with Gasteiger partial charge in [-0.15, -0.1) is 0 Å². The van der Waals surface area contributed by atoms with Gasteiger partial charge in [0, 0.05) is 6.20 Å². The fourth-order valence-electron chi connectivity index (χ4n) is 2.46. The standard InChI is InChI=1S/C16H19BN2O4/c1-15(2)16(3,4)23-17(22-15)12-6-5-10-8-13(19-14(20)21)18-9-11(10)7-12/h5-9H,1-4H3,(H,18,19)(H,20,21). The highest BCUT2D eigenvalue weighted by molar-refractivity contribution is 6.62. The summed E-state index contributed by atoms with van der Waals surface area (Å²) in [6.45, 7) is 8.05. The molecule has 1 saturated heterocycles. The SMILES string of the molecule is CC1(C)OB(c2ccc3cc(NC(=O)O)ncc3c2)OC1(C)C. The Morgan fingerprint density at radius 2 is 1.78 bits per heavy atom. The molecule has 1 aromatic heterocycles. The van der Waals surface area contributed by atoms with Crippen molar-refractivity contribution in [3.63, 3.8) is 0 Å². The Kier molecular flexibility index (Phi) is 3.57. The quantitative estimate of drug-likeness (QED) is 0.833. The Hall–Kier alpha value is -2.12. The van der Waals surface area contributed by atoms with E-state index in [1.165, 1.54) is 0 Å². The predicted molar refractivity (Wildman–Crippen MR) is 89.1 cm³/mol. The highest BCUT2D eigenvalue weighted by atomic mass is 16.7. The number of hydrogen-bond acceptors (Lipinski definition) is 4. The van der Waals surface area contributed by atoms with Gasteiger partial charge in [-0.05, 0) is 50.0 Å². The molecule has 3 rings (SSSR count). The van der Waals surface area contributed by atoms with E-state index >= 15 is 0 Å². The van der Waals surface area contributed by atoms with Gasteiger partial charge in [-0.3, -0.25) is 5.32 Å². The molecule has 2 N–H and O–H groups in total. The number of carbonyl (C=O) groups is 1. The minimum absolute atomic E-state index is 0.299. The summed E-state index contributed by atoms with van der Waals surface area (Å²) in [6, 6.07) is 7.48. The van der Waals surface area contributed by atoms with Crippen LogP contribution in [0.15, 0.2) is 30.5 Å². The van der Waals surface area contributed by atoms with Gasteiger partial charge in [-0.2, -0.15) is 0 Å². The molecule has 6 nitrogen and oxygen atoms in total. The summed E-state index contributed by atoms with van der Waals surface area (Å²) in [5.74, 6) is 0.299. The van der Waals surface area contributed by atoms with Crippen LogP contribution in [0.3, 0.4) is 0 Å². The Balaban J connectivity index is 1.91. The van der Waals surface area contributed by atoms with Crippen LogP contribution in [-0.2, 0) is 9.31 Å². The van der Waals surface area contributed by atoms with E-state index in [2.05, 4.69) is 10.3 Å². The van der Waals surface area contributed by atoms with Gasteiger partial charge in [0.25, 0.3) is 0 Å².